The first-order valence-electron chi connectivity index (χ1n) is 7.98. The summed E-state index contributed by atoms with van der Waals surface area (Å²) >= 11 is 2.30. The minimum absolute atomic E-state index is 0.991. The fourth-order valence-electron chi connectivity index (χ4n) is 2.76. The molecule has 1 aliphatic carbocycles. The van der Waals surface area contributed by atoms with Crippen molar-refractivity contribution in [3.8, 4) is 0 Å². The molecule has 17 heavy (non-hydrogen) atoms. The topological polar surface area (TPSA) is 0 Å². The van der Waals surface area contributed by atoms with Crippen LogP contribution in [0.4, 0.5) is 0 Å². The fourth-order valence-corrected chi connectivity index (χ4v) is 4.37. The van der Waals surface area contributed by atoms with E-state index in [2.05, 4.69) is 25.6 Å². The van der Waals surface area contributed by atoms with Crippen molar-refractivity contribution in [1.82, 2.24) is 0 Å². The van der Waals surface area contributed by atoms with Crippen molar-refractivity contribution < 1.29 is 0 Å². The second kappa shape index (κ2) is 10.3. The molecule has 1 heteroatoms. The Morgan fingerprint density at radius 1 is 1.00 bits per heavy atom. The molecule has 1 saturated carbocycles. The molecule has 0 nitrogen and oxygen atoms in total. The highest BCUT2D eigenvalue weighted by Gasteiger charge is 2.14. The second-order valence-electron chi connectivity index (χ2n) is 5.72. The van der Waals surface area contributed by atoms with E-state index in [1.807, 2.05) is 0 Å². The molecule has 0 spiro atoms. The third-order valence-corrected chi connectivity index (χ3v) is 5.77. The van der Waals surface area contributed by atoms with Gasteiger partial charge in [-0.2, -0.15) is 11.8 Å². The molecular formula is C16H32S. The highest BCUT2D eigenvalue weighted by atomic mass is 32.2. The van der Waals surface area contributed by atoms with Gasteiger partial charge >= 0.3 is 0 Å². The van der Waals surface area contributed by atoms with Gasteiger partial charge in [0.25, 0.3) is 0 Å². The molecule has 0 aromatic carbocycles. The monoisotopic (exact) mass is 256 g/mol. The van der Waals surface area contributed by atoms with Crippen LogP contribution in [0.5, 0.6) is 0 Å². The van der Waals surface area contributed by atoms with Gasteiger partial charge in [0, 0.05) is 5.25 Å². The predicted octanol–water partition coefficient (Wildman–Crippen LogP) is 6.05. The summed E-state index contributed by atoms with van der Waals surface area (Å²) in [6, 6.07) is 0. The molecule has 1 atom stereocenters. The average Bonchev–Trinajstić information content (AvgIpc) is 2.31. The van der Waals surface area contributed by atoms with Gasteiger partial charge in [0.15, 0.2) is 0 Å². The van der Waals surface area contributed by atoms with Crippen LogP contribution in [0, 0.1) is 5.92 Å². The molecule has 0 radical (unpaired) electrons. The van der Waals surface area contributed by atoms with Crippen molar-refractivity contribution in [2.24, 2.45) is 5.92 Å². The molecule has 0 N–H and O–H groups in total. The van der Waals surface area contributed by atoms with Crippen LogP contribution in [0.15, 0.2) is 0 Å². The summed E-state index contributed by atoms with van der Waals surface area (Å²) in [5, 5.41) is 0.992. The Morgan fingerprint density at radius 3 is 2.24 bits per heavy atom. The minimum Gasteiger partial charge on any atom is -0.158 e. The Balaban J connectivity index is 2.16. The van der Waals surface area contributed by atoms with E-state index in [0.29, 0.717) is 0 Å². The highest BCUT2D eigenvalue weighted by Crippen LogP contribution is 2.29. The first-order chi connectivity index (χ1) is 8.36. The van der Waals surface area contributed by atoms with Crippen molar-refractivity contribution in [2.45, 2.75) is 89.7 Å². The van der Waals surface area contributed by atoms with Gasteiger partial charge in [0.05, 0.1) is 0 Å². The van der Waals surface area contributed by atoms with Gasteiger partial charge in [0.1, 0.15) is 0 Å². The van der Waals surface area contributed by atoms with E-state index in [-0.39, 0.29) is 0 Å². The SMILES string of the molecule is CCCCC(CC)CSC1CCCCCCC1. The molecule has 0 heterocycles. The third-order valence-electron chi connectivity index (χ3n) is 4.16. The number of hydrogen-bond donors (Lipinski definition) is 0. The van der Waals surface area contributed by atoms with Crippen molar-refractivity contribution in [3.63, 3.8) is 0 Å². The Labute approximate surface area is 113 Å². The molecule has 0 aromatic rings. The molecule has 0 aliphatic heterocycles. The maximum Gasteiger partial charge on any atom is 0.00471 e. The number of hydrogen-bond acceptors (Lipinski definition) is 1. The summed E-state index contributed by atoms with van der Waals surface area (Å²) in [5.74, 6) is 2.42. The summed E-state index contributed by atoms with van der Waals surface area (Å²) in [4.78, 5) is 0. The zero-order chi connectivity index (χ0) is 12.3. The lowest BCUT2D eigenvalue weighted by Gasteiger charge is -2.22. The predicted molar refractivity (Wildman–Crippen MR) is 81.9 cm³/mol. The first kappa shape index (κ1) is 15.4. The quantitative estimate of drug-likeness (QED) is 0.534. The molecule has 0 aromatic heterocycles. The van der Waals surface area contributed by atoms with Crippen LogP contribution in [0.1, 0.15) is 84.5 Å². The van der Waals surface area contributed by atoms with Crippen LogP contribution in [0.3, 0.4) is 0 Å². The summed E-state index contributed by atoms with van der Waals surface area (Å²) in [6.07, 6.45) is 16.1. The van der Waals surface area contributed by atoms with Crippen LogP contribution in [-0.4, -0.2) is 11.0 Å². The van der Waals surface area contributed by atoms with E-state index in [9.17, 15) is 0 Å². The largest absolute Gasteiger partial charge is 0.158 e. The molecule has 1 aliphatic rings. The molecule has 1 fully saturated rings. The summed E-state index contributed by atoms with van der Waals surface area (Å²) in [7, 11) is 0. The van der Waals surface area contributed by atoms with E-state index in [0.717, 1.165) is 11.2 Å². The summed E-state index contributed by atoms with van der Waals surface area (Å²) in [5.41, 5.74) is 0. The van der Waals surface area contributed by atoms with Crippen LogP contribution in [-0.2, 0) is 0 Å². The van der Waals surface area contributed by atoms with Crippen LogP contribution in [0.2, 0.25) is 0 Å². The lowest BCUT2D eigenvalue weighted by atomic mass is 10.0. The summed E-state index contributed by atoms with van der Waals surface area (Å²) in [6.45, 7) is 4.69. The van der Waals surface area contributed by atoms with Crippen LogP contribution < -0.4 is 0 Å². The Bertz CT molecular complexity index is 159. The van der Waals surface area contributed by atoms with E-state index in [1.165, 1.54) is 76.4 Å². The van der Waals surface area contributed by atoms with Gasteiger partial charge in [-0.1, -0.05) is 65.2 Å². The van der Waals surface area contributed by atoms with Gasteiger partial charge in [-0.05, 0) is 30.9 Å². The smallest absolute Gasteiger partial charge is 0.00471 e. The van der Waals surface area contributed by atoms with Gasteiger partial charge in [-0.15, -0.1) is 0 Å². The minimum atomic E-state index is 0.991. The van der Waals surface area contributed by atoms with E-state index in [4.69, 9.17) is 0 Å². The van der Waals surface area contributed by atoms with Crippen LogP contribution >= 0.6 is 11.8 Å². The molecule has 0 saturated heterocycles. The van der Waals surface area contributed by atoms with Crippen molar-refractivity contribution in [3.05, 3.63) is 0 Å². The van der Waals surface area contributed by atoms with Crippen molar-refractivity contribution in [2.75, 3.05) is 5.75 Å². The molecule has 1 rings (SSSR count). The molecule has 0 bridgehead atoms. The lowest BCUT2D eigenvalue weighted by Crippen LogP contribution is -2.10. The van der Waals surface area contributed by atoms with Crippen molar-refractivity contribution in [1.29, 1.82) is 0 Å². The van der Waals surface area contributed by atoms with Crippen molar-refractivity contribution >= 4 is 11.8 Å². The molecule has 102 valence electrons. The Kier molecular flexibility index (Phi) is 9.33. The van der Waals surface area contributed by atoms with E-state index < -0.39 is 0 Å². The standard InChI is InChI=1S/C16H32S/c1-3-5-11-15(4-2)14-17-16-12-9-7-6-8-10-13-16/h15-16H,3-14H2,1-2H3. The third kappa shape index (κ3) is 7.39. The molecule has 1 unspecified atom stereocenters. The fraction of sp³-hybridized carbons (Fsp3) is 1.00. The first-order valence-corrected chi connectivity index (χ1v) is 9.03. The zero-order valence-corrected chi connectivity index (χ0v) is 12.9. The molecule has 0 amide bonds. The van der Waals surface area contributed by atoms with E-state index >= 15 is 0 Å². The number of unbranched alkanes of at least 4 members (excludes halogenated alkanes) is 1. The van der Waals surface area contributed by atoms with Gasteiger partial charge in [0.2, 0.25) is 0 Å². The Morgan fingerprint density at radius 2 is 1.65 bits per heavy atom. The second-order valence-corrected chi connectivity index (χ2v) is 7.05. The van der Waals surface area contributed by atoms with Gasteiger partial charge in [-0.3, -0.25) is 0 Å². The zero-order valence-electron chi connectivity index (χ0n) is 12.0. The van der Waals surface area contributed by atoms with E-state index in [1.54, 1.807) is 0 Å². The van der Waals surface area contributed by atoms with Gasteiger partial charge in [-0.25, -0.2) is 0 Å². The maximum atomic E-state index is 2.37. The number of thioether (sulfide) groups is 1. The maximum absolute atomic E-state index is 2.37. The number of rotatable bonds is 7. The van der Waals surface area contributed by atoms with Gasteiger partial charge < -0.3 is 0 Å². The molecular weight excluding hydrogens is 224 g/mol. The Hall–Kier alpha value is 0.350. The highest BCUT2D eigenvalue weighted by molar-refractivity contribution is 7.99. The lowest BCUT2D eigenvalue weighted by molar-refractivity contribution is 0.492. The normalized spacial score (nSPS) is 20.8. The van der Waals surface area contributed by atoms with Crippen LogP contribution in [0.25, 0.3) is 0 Å². The average molecular weight is 256 g/mol. The summed E-state index contributed by atoms with van der Waals surface area (Å²) < 4.78 is 0.